The second-order valence-electron chi connectivity index (χ2n) is 7.98. The Morgan fingerprint density at radius 2 is 2.03 bits per heavy atom. The molecule has 0 aliphatic carbocycles. The van der Waals surface area contributed by atoms with Gasteiger partial charge in [-0.25, -0.2) is 4.98 Å². The van der Waals surface area contributed by atoms with Crippen molar-refractivity contribution in [1.29, 1.82) is 0 Å². The van der Waals surface area contributed by atoms with Crippen LogP contribution in [0.15, 0.2) is 54.7 Å². The molecule has 0 fully saturated rings. The van der Waals surface area contributed by atoms with Crippen molar-refractivity contribution in [3.8, 4) is 41.0 Å². The van der Waals surface area contributed by atoms with Crippen molar-refractivity contribution in [1.82, 2.24) is 25.0 Å². The first-order valence-corrected chi connectivity index (χ1v) is 11.0. The molecule has 2 aromatic carbocycles. The number of hydrogen-bond acceptors (Lipinski definition) is 7. The lowest BCUT2D eigenvalue weighted by Crippen LogP contribution is -2.25. The Labute approximate surface area is 202 Å². The van der Waals surface area contributed by atoms with Crippen molar-refractivity contribution < 1.29 is 14.3 Å². The van der Waals surface area contributed by atoms with Crippen LogP contribution in [0.1, 0.15) is 29.2 Å². The average molecular weight is 467 g/mol. The summed E-state index contributed by atoms with van der Waals surface area (Å²) in [7, 11) is 1.57. The average Bonchev–Trinajstić information content (AvgIpc) is 3.23. The first kappa shape index (κ1) is 22.1. The summed E-state index contributed by atoms with van der Waals surface area (Å²) >= 11 is 0. The first-order chi connectivity index (χ1) is 17.1. The third-order valence-electron chi connectivity index (χ3n) is 5.81. The van der Waals surface area contributed by atoms with Gasteiger partial charge in [-0.2, -0.15) is 14.9 Å². The number of ether oxygens (including phenoxy) is 2. The number of nitrogens with zero attached hydrogens (tertiary/aromatic N) is 5. The molecule has 0 saturated carbocycles. The van der Waals surface area contributed by atoms with E-state index in [0.29, 0.717) is 23.0 Å². The van der Waals surface area contributed by atoms with E-state index in [-0.39, 0.29) is 30.8 Å². The summed E-state index contributed by atoms with van der Waals surface area (Å²) < 4.78 is 12.6. The lowest BCUT2D eigenvalue weighted by molar-refractivity contribution is -0.116. The highest BCUT2D eigenvalue weighted by Gasteiger charge is 2.33. The molecule has 9 nitrogen and oxygen atoms in total. The van der Waals surface area contributed by atoms with Crippen LogP contribution >= 0.6 is 0 Å². The Hall–Kier alpha value is -4.71. The van der Waals surface area contributed by atoms with Crippen LogP contribution in [0.4, 0.5) is 5.82 Å². The monoisotopic (exact) mass is 466 g/mol. The Bertz CT molecular complexity index is 1440. The minimum absolute atomic E-state index is 0.106. The second kappa shape index (κ2) is 9.27. The molecule has 1 unspecified atom stereocenters. The molecule has 9 heteroatoms. The molecular weight excluding hydrogens is 444 g/mol. The molecule has 0 spiro atoms. The van der Waals surface area contributed by atoms with E-state index in [9.17, 15) is 4.79 Å². The number of benzene rings is 2. The van der Waals surface area contributed by atoms with Crippen molar-refractivity contribution in [2.75, 3.05) is 19.0 Å². The summed E-state index contributed by atoms with van der Waals surface area (Å²) in [5, 5.41) is 15.9. The van der Waals surface area contributed by atoms with Gasteiger partial charge in [0.1, 0.15) is 12.4 Å². The minimum Gasteiger partial charge on any atom is -0.493 e. The SMILES string of the molecule is C#CCOc1cc(C2CC(=O)Nc3c2c(C)nn3-c2nncc(-c3ccccc3)n2)ccc1OC. The predicted molar refractivity (Wildman–Crippen MR) is 130 cm³/mol. The van der Waals surface area contributed by atoms with Gasteiger partial charge in [-0.15, -0.1) is 11.5 Å². The van der Waals surface area contributed by atoms with Gasteiger partial charge in [-0.1, -0.05) is 42.3 Å². The predicted octanol–water partition coefficient (Wildman–Crippen LogP) is 3.53. The number of fused-ring (bicyclic) bond motifs is 1. The van der Waals surface area contributed by atoms with Crippen molar-refractivity contribution in [2.45, 2.75) is 19.3 Å². The Morgan fingerprint density at radius 1 is 1.20 bits per heavy atom. The van der Waals surface area contributed by atoms with Crippen LogP contribution in [0, 0.1) is 19.3 Å². The highest BCUT2D eigenvalue weighted by molar-refractivity contribution is 5.95. The van der Waals surface area contributed by atoms with E-state index >= 15 is 0 Å². The lowest BCUT2D eigenvalue weighted by Gasteiger charge is -2.25. The molecule has 1 aliphatic rings. The number of anilines is 1. The summed E-state index contributed by atoms with van der Waals surface area (Å²) in [4.78, 5) is 17.4. The minimum atomic E-state index is -0.253. The molecule has 0 saturated heterocycles. The van der Waals surface area contributed by atoms with E-state index < -0.39 is 0 Å². The summed E-state index contributed by atoms with van der Waals surface area (Å²) in [5.74, 6) is 3.94. The van der Waals surface area contributed by atoms with E-state index in [1.807, 2.05) is 55.5 Å². The fourth-order valence-corrected chi connectivity index (χ4v) is 4.25. The van der Waals surface area contributed by atoms with Gasteiger partial charge in [-0.3, -0.25) is 4.79 Å². The molecular formula is C26H22N6O3. The highest BCUT2D eigenvalue weighted by Crippen LogP contribution is 2.42. The van der Waals surface area contributed by atoms with E-state index in [2.05, 4.69) is 31.5 Å². The maximum absolute atomic E-state index is 12.8. The van der Waals surface area contributed by atoms with Crippen LogP contribution in [-0.4, -0.2) is 44.6 Å². The maximum atomic E-state index is 12.8. The quantitative estimate of drug-likeness (QED) is 0.434. The number of hydrogen-bond donors (Lipinski definition) is 1. The molecule has 174 valence electrons. The molecule has 4 aromatic rings. The zero-order valence-corrected chi connectivity index (χ0v) is 19.2. The second-order valence-corrected chi connectivity index (χ2v) is 7.98. The van der Waals surface area contributed by atoms with Gasteiger partial charge in [0.15, 0.2) is 11.5 Å². The zero-order chi connectivity index (χ0) is 24.4. The van der Waals surface area contributed by atoms with E-state index in [1.54, 1.807) is 13.3 Å². The van der Waals surface area contributed by atoms with Crippen molar-refractivity contribution >= 4 is 11.7 Å². The number of rotatable bonds is 6. The van der Waals surface area contributed by atoms with E-state index in [0.717, 1.165) is 22.4 Å². The van der Waals surface area contributed by atoms with Crippen LogP contribution in [0.25, 0.3) is 17.2 Å². The normalized spacial score (nSPS) is 14.5. The standard InChI is InChI=1S/C26H22N6O3/c1-4-12-35-22-13-18(10-11-21(22)34-3)19-14-23(33)29-25-24(19)16(2)31-32(25)26-28-20(15-27-30-26)17-8-6-5-7-9-17/h1,5-11,13,15,19H,12,14H2,2-3H3,(H,29,33). The topological polar surface area (TPSA) is 104 Å². The van der Waals surface area contributed by atoms with Crippen molar-refractivity contribution in [3.05, 3.63) is 71.5 Å². The van der Waals surface area contributed by atoms with Crippen LogP contribution in [-0.2, 0) is 4.79 Å². The zero-order valence-electron chi connectivity index (χ0n) is 19.2. The van der Waals surface area contributed by atoms with Crippen molar-refractivity contribution in [2.24, 2.45) is 0 Å². The van der Waals surface area contributed by atoms with E-state index in [1.165, 1.54) is 4.68 Å². The van der Waals surface area contributed by atoms with Crippen LogP contribution < -0.4 is 14.8 Å². The van der Waals surface area contributed by atoms with Crippen LogP contribution in [0.3, 0.4) is 0 Å². The Balaban J connectivity index is 1.58. The Kier molecular flexibility index (Phi) is 5.85. The third-order valence-corrected chi connectivity index (χ3v) is 5.81. The number of aryl methyl sites for hydroxylation is 1. The van der Waals surface area contributed by atoms with E-state index in [4.69, 9.17) is 15.9 Å². The highest BCUT2D eigenvalue weighted by atomic mass is 16.5. The molecule has 0 bridgehead atoms. The Morgan fingerprint density at radius 3 is 2.80 bits per heavy atom. The number of amides is 1. The molecule has 1 aliphatic heterocycles. The van der Waals surface area contributed by atoms with Crippen LogP contribution in [0.2, 0.25) is 0 Å². The van der Waals surface area contributed by atoms with Crippen molar-refractivity contribution in [3.63, 3.8) is 0 Å². The fourth-order valence-electron chi connectivity index (χ4n) is 4.25. The number of methoxy groups -OCH3 is 1. The van der Waals surface area contributed by atoms with Gasteiger partial charge in [0.2, 0.25) is 5.91 Å². The third kappa shape index (κ3) is 4.17. The molecule has 3 heterocycles. The fraction of sp³-hybridized carbons (Fsp3) is 0.192. The smallest absolute Gasteiger partial charge is 0.272 e. The number of terminal acetylenes is 1. The summed E-state index contributed by atoms with van der Waals surface area (Å²) in [6, 6.07) is 15.3. The lowest BCUT2D eigenvalue weighted by atomic mass is 9.85. The molecule has 1 N–H and O–H groups in total. The summed E-state index contributed by atoms with van der Waals surface area (Å²) in [5.41, 5.74) is 4.07. The summed E-state index contributed by atoms with van der Waals surface area (Å²) in [6.07, 6.45) is 7.21. The molecule has 1 amide bonds. The van der Waals surface area contributed by atoms with Gasteiger partial charge in [0.05, 0.1) is 24.7 Å². The number of carbonyl (C=O) groups excluding carboxylic acids is 1. The number of aromatic nitrogens is 5. The molecule has 5 rings (SSSR count). The number of carbonyl (C=O) groups is 1. The van der Waals surface area contributed by atoms with Crippen LogP contribution in [0.5, 0.6) is 11.5 Å². The van der Waals surface area contributed by atoms with Gasteiger partial charge >= 0.3 is 0 Å². The first-order valence-electron chi connectivity index (χ1n) is 11.0. The molecule has 35 heavy (non-hydrogen) atoms. The van der Waals surface area contributed by atoms with Gasteiger partial charge in [0.25, 0.3) is 5.95 Å². The van der Waals surface area contributed by atoms with Gasteiger partial charge < -0.3 is 14.8 Å². The van der Waals surface area contributed by atoms with Gasteiger partial charge in [-0.05, 0) is 24.6 Å². The van der Waals surface area contributed by atoms with Gasteiger partial charge in [0, 0.05) is 23.5 Å². The number of nitrogens with one attached hydrogen (secondary N) is 1. The maximum Gasteiger partial charge on any atom is 0.272 e. The largest absolute Gasteiger partial charge is 0.493 e. The molecule has 2 aromatic heterocycles. The molecule has 0 radical (unpaired) electrons. The molecule has 1 atom stereocenters. The summed E-state index contributed by atoms with van der Waals surface area (Å²) in [6.45, 7) is 2.00.